The molecule has 1 fully saturated rings. The van der Waals surface area contributed by atoms with Gasteiger partial charge in [0.25, 0.3) is 5.91 Å². The Hall–Kier alpha value is -2.09. The van der Waals surface area contributed by atoms with E-state index < -0.39 is 5.60 Å². The van der Waals surface area contributed by atoms with E-state index >= 15 is 0 Å². The van der Waals surface area contributed by atoms with Crippen molar-refractivity contribution >= 4 is 29.2 Å². The molecule has 0 bridgehead atoms. The molecular weight excluding hydrogens is 330 g/mol. The van der Waals surface area contributed by atoms with Gasteiger partial charge in [-0.25, -0.2) is 4.79 Å². The standard InChI is InChI=1S/C16H23N3O4S/c1-16(2,3)23-15(22)19-8-6-18(7-9-19)13(20)11-17-14(21)12-5-4-10-24-12/h4-5,10H,6-9,11H2,1-3H3,(H,17,21). The number of amides is 3. The first-order valence-electron chi connectivity index (χ1n) is 7.84. The van der Waals surface area contributed by atoms with Crippen LogP contribution in [0.1, 0.15) is 30.4 Å². The minimum absolute atomic E-state index is 0.0385. The summed E-state index contributed by atoms with van der Waals surface area (Å²) in [7, 11) is 0. The van der Waals surface area contributed by atoms with E-state index in [0.717, 1.165) is 0 Å². The van der Waals surface area contributed by atoms with Crippen molar-refractivity contribution in [1.29, 1.82) is 0 Å². The fraction of sp³-hybridized carbons (Fsp3) is 0.562. The van der Waals surface area contributed by atoms with Crippen molar-refractivity contribution in [3.05, 3.63) is 22.4 Å². The number of hydrogen-bond donors (Lipinski definition) is 1. The Balaban J connectivity index is 1.74. The van der Waals surface area contributed by atoms with E-state index in [4.69, 9.17) is 4.74 Å². The second-order valence-corrected chi connectivity index (χ2v) is 7.46. The number of ether oxygens (including phenoxy) is 1. The maximum absolute atomic E-state index is 12.2. The number of nitrogens with one attached hydrogen (secondary N) is 1. The van der Waals surface area contributed by atoms with Crippen LogP contribution in [0, 0.1) is 0 Å². The largest absolute Gasteiger partial charge is 0.444 e. The molecule has 2 heterocycles. The molecule has 1 aromatic rings. The van der Waals surface area contributed by atoms with E-state index in [0.29, 0.717) is 31.1 Å². The van der Waals surface area contributed by atoms with Crippen molar-refractivity contribution in [2.24, 2.45) is 0 Å². The molecule has 2 rings (SSSR count). The first kappa shape index (κ1) is 18.3. The molecule has 8 heteroatoms. The van der Waals surface area contributed by atoms with E-state index in [2.05, 4.69) is 5.32 Å². The van der Waals surface area contributed by atoms with Gasteiger partial charge in [0.15, 0.2) is 0 Å². The summed E-state index contributed by atoms with van der Waals surface area (Å²) in [5.74, 6) is -0.394. The summed E-state index contributed by atoms with van der Waals surface area (Å²) in [5.41, 5.74) is -0.532. The molecule has 3 amide bonds. The van der Waals surface area contributed by atoms with Crippen LogP contribution in [0.3, 0.4) is 0 Å². The topological polar surface area (TPSA) is 79.0 Å². The van der Waals surface area contributed by atoms with Crippen LogP contribution < -0.4 is 5.32 Å². The van der Waals surface area contributed by atoms with Gasteiger partial charge in [0.05, 0.1) is 11.4 Å². The first-order valence-corrected chi connectivity index (χ1v) is 8.71. The van der Waals surface area contributed by atoms with E-state index in [1.807, 2.05) is 26.2 Å². The zero-order valence-corrected chi connectivity index (χ0v) is 15.0. The molecule has 24 heavy (non-hydrogen) atoms. The van der Waals surface area contributed by atoms with Crippen LogP contribution in [0.5, 0.6) is 0 Å². The molecular formula is C16H23N3O4S. The number of piperazine rings is 1. The zero-order chi connectivity index (χ0) is 17.7. The smallest absolute Gasteiger partial charge is 0.410 e. The van der Waals surface area contributed by atoms with Gasteiger partial charge in [0.1, 0.15) is 5.60 Å². The van der Waals surface area contributed by atoms with Gasteiger partial charge in [0, 0.05) is 26.2 Å². The average Bonchev–Trinajstić information content (AvgIpc) is 3.05. The number of rotatable bonds is 3. The fourth-order valence-corrected chi connectivity index (χ4v) is 2.87. The van der Waals surface area contributed by atoms with Gasteiger partial charge in [-0.05, 0) is 32.2 Å². The van der Waals surface area contributed by atoms with Crippen molar-refractivity contribution in [2.75, 3.05) is 32.7 Å². The van der Waals surface area contributed by atoms with Crippen molar-refractivity contribution in [2.45, 2.75) is 26.4 Å². The van der Waals surface area contributed by atoms with Crippen LogP contribution in [0.15, 0.2) is 17.5 Å². The predicted octanol–water partition coefficient (Wildman–Crippen LogP) is 1.56. The molecule has 0 radical (unpaired) electrons. The Morgan fingerprint density at radius 1 is 1.17 bits per heavy atom. The van der Waals surface area contributed by atoms with Gasteiger partial charge in [-0.3, -0.25) is 9.59 Å². The van der Waals surface area contributed by atoms with E-state index in [-0.39, 0.29) is 24.5 Å². The van der Waals surface area contributed by atoms with Gasteiger partial charge in [0.2, 0.25) is 5.91 Å². The van der Waals surface area contributed by atoms with E-state index in [1.165, 1.54) is 11.3 Å². The molecule has 1 aromatic heterocycles. The van der Waals surface area contributed by atoms with Crippen LogP contribution >= 0.6 is 11.3 Å². The van der Waals surface area contributed by atoms with E-state index in [1.54, 1.807) is 21.9 Å². The number of carbonyl (C=O) groups is 3. The fourth-order valence-electron chi connectivity index (χ4n) is 2.23. The lowest BCUT2D eigenvalue weighted by atomic mass is 10.2. The molecule has 1 saturated heterocycles. The summed E-state index contributed by atoms with van der Waals surface area (Å²) in [4.78, 5) is 39.8. The second-order valence-electron chi connectivity index (χ2n) is 6.51. The lowest BCUT2D eigenvalue weighted by molar-refractivity contribution is -0.131. The first-order chi connectivity index (χ1) is 11.3. The van der Waals surface area contributed by atoms with Crippen LogP contribution in [0.4, 0.5) is 4.79 Å². The maximum Gasteiger partial charge on any atom is 0.410 e. The molecule has 1 aliphatic heterocycles. The molecule has 1 N–H and O–H groups in total. The lowest BCUT2D eigenvalue weighted by Gasteiger charge is -2.35. The van der Waals surface area contributed by atoms with Gasteiger partial charge >= 0.3 is 6.09 Å². The Kier molecular flexibility index (Phi) is 5.82. The van der Waals surface area contributed by atoms with Gasteiger partial charge in [-0.2, -0.15) is 0 Å². The highest BCUT2D eigenvalue weighted by atomic mass is 32.1. The molecule has 0 saturated carbocycles. The van der Waals surface area contributed by atoms with Crippen molar-refractivity contribution < 1.29 is 19.1 Å². The SMILES string of the molecule is CC(C)(C)OC(=O)N1CCN(C(=O)CNC(=O)c2cccs2)CC1. The minimum Gasteiger partial charge on any atom is -0.444 e. The molecule has 7 nitrogen and oxygen atoms in total. The Morgan fingerprint density at radius 2 is 1.79 bits per heavy atom. The normalized spacial score (nSPS) is 15.1. The molecule has 0 atom stereocenters. The highest BCUT2D eigenvalue weighted by Crippen LogP contribution is 2.12. The molecule has 0 aromatic carbocycles. The third kappa shape index (κ3) is 5.23. The predicted molar refractivity (Wildman–Crippen MR) is 91.0 cm³/mol. The van der Waals surface area contributed by atoms with Crippen LogP contribution in [0.25, 0.3) is 0 Å². The summed E-state index contributed by atoms with van der Waals surface area (Å²) in [5, 5.41) is 4.43. The minimum atomic E-state index is -0.532. The number of nitrogens with zero attached hydrogens (tertiary/aromatic N) is 2. The number of hydrogen-bond acceptors (Lipinski definition) is 5. The monoisotopic (exact) mass is 353 g/mol. The molecule has 0 spiro atoms. The average molecular weight is 353 g/mol. The molecule has 0 unspecified atom stereocenters. The van der Waals surface area contributed by atoms with Crippen molar-refractivity contribution in [1.82, 2.24) is 15.1 Å². The quantitative estimate of drug-likeness (QED) is 0.894. The van der Waals surface area contributed by atoms with E-state index in [9.17, 15) is 14.4 Å². The number of thiophene rings is 1. The molecule has 1 aliphatic rings. The van der Waals surface area contributed by atoms with Gasteiger partial charge in [-0.15, -0.1) is 11.3 Å². The second kappa shape index (κ2) is 7.65. The Morgan fingerprint density at radius 3 is 2.33 bits per heavy atom. The summed E-state index contributed by atoms with van der Waals surface area (Å²) in [6.45, 7) is 7.16. The van der Waals surface area contributed by atoms with Crippen molar-refractivity contribution in [3.63, 3.8) is 0 Å². The highest BCUT2D eigenvalue weighted by Gasteiger charge is 2.27. The lowest BCUT2D eigenvalue weighted by Crippen LogP contribution is -2.53. The summed E-state index contributed by atoms with van der Waals surface area (Å²) in [6.07, 6.45) is -0.361. The van der Waals surface area contributed by atoms with Crippen LogP contribution in [-0.4, -0.2) is 66.0 Å². The number of carbonyl (C=O) groups excluding carboxylic acids is 3. The Labute approximate surface area is 145 Å². The van der Waals surface area contributed by atoms with Crippen LogP contribution in [0.2, 0.25) is 0 Å². The van der Waals surface area contributed by atoms with Gasteiger partial charge < -0.3 is 19.9 Å². The Bertz CT molecular complexity index is 587. The zero-order valence-electron chi connectivity index (χ0n) is 14.2. The maximum atomic E-state index is 12.2. The molecule has 0 aliphatic carbocycles. The molecule has 132 valence electrons. The highest BCUT2D eigenvalue weighted by molar-refractivity contribution is 7.12. The van der Waals surface area contributed by atoms with Crippen molar-refractivity contribution in [3.8, 4) is 0 Å². The van der Waals surface area contributed by atoms with Gasteiger partial charge in [-0.1, -0.05) is 6.07 Å². The third-order valence-electron chi connectivity index (χ3n) is 3.43. The third-order valence-corrected chi connectivity index (χ3v) is 4.30. The summed E-state index contributed by atoms with van der Waals surface area (Å²) in [6, 6.07) is 3.50. The van der Waals surface area contributed by atoms with Crippen LogP contribution in [-0.2, 0) is 9.53 Å². The summed E-state index contributed by atoms with van der Waals surface area (Å²) >= 11 is 1.33. The summed E-state index contributed by atoms with van der Waals surface area (Å²) < 4.78 is 5.32.